The molecule has 1 rings (SSSR count). The molecule has 7 heteroatoms. The number of aromatic nitrogens is 2. The van der Waals surface area contributed by atoms with Gasteiger partial charge in [-0.05, 0) is 15.9 Å². The van der Waals surface area contributed by atoms with Crippen molar-refractivity contribution in [1.29, 1.82) is 0 Å². The SMILES string of the molecule is O=c1[nH]c(=O)n(CCBr)c(CBr)c1Br. The fraction of sp³-hybridized carbons (Fsp3) is 0.429. The van der Waals surface area contributed by atoms with Crippen molar-refractivity contribution in [3.05, 3.63) is 31.0 Å². The molecule has 14 heavy (non-hydrogen) atoms. The van der Waals surface area contributed by atoms with Crippen LogP contribution in [0.4, 0.5) is 0 Å². The van der Waals surface area contributed by atoms with Gasteiger partial charge >= 0.3 is 5.69 Å². The van der Waals surface area contributed by atoms with Crippen molar-refractivity contribution < 1.29 is 0 Å². The molecule has 0 amide bonds. The lowest BCUT2D eigenvalue weighted by atomic mass is 10.4. The summed E-state index contributed by atoms with van der Waals surface area (Å²) in [5, 5.41) is 1.12. The zero-order valence-electron chi connectivity index (χ0n) is 7.02. The van der Waals surface area contributed by atoms with Crippen LogP contribution in [0.25, 0.3) is 0 Å². The highest BCUT2D eigenvalue weighted by molar-refractivity contribution is 9.10. The van der Waals surface area contributed by atoms with E-state index >= 15 is 0 Å². The molecule has 4 nitrogen and oxygen atoms in total. The summed E-state index contributed by atoms with van der Waals surface area (Å²) in [6.45, 7) is 0.523. The Labute approximate surface area is 105 Å². The minimum atomic E-state index is -0.393. The monoisotopic (exact) mass is 388 g/mol. The molecule has 0 unspecified atom stereocenters. The van der Waals surface area contributed by atoms with Crippen LogP contribution in [0.3, 0.4) is 0 Å². The first-order valence-corrected chi connectivity index (χ1v) is 6.78. The van der Waals surface area contributed by atoms with Crippen molar-refractivity contribution in [2.75, 3.05) is 5.33 Å². The molecule has 1 heterocycles. The number of nitrogens with zero attached hydrogens (tertiary/aromatic N) is 1. The van der Waals surface area contributed by atoms with Crippen LogP contribution in [0.2, 0.25) is 0 Å². The lowest BCUT2D eigenvalue weighted by Gasteiger charge is -2.09. The quantitative estimate of drug-likeness (QED) is 0.797. The average Bonchev–Trinajstić information content (AvgIpc) is 2.15. The number of halogens is 3. The molecule has 0 aliphatic carbocycles. The lowest BCUT2D eigenvalue weighted by molar-refractivity contribution is 0.670. The highest BCUT2D eigenvalue weighted by Gasteiger charge is 2.10. The van der Waals surface area contributed by atoms with Gasteiger partial charge < -0.3 is 0 Å². The van der Waals surface area contributed by atoms with E-state index in [1.807, 2.05) is 0 Å². The number of hydrogen-bond acceptors (Lipinski definition) is 2. The standard InChI is InChI=1S/C7H7Br3N2O2/c8-1-2-12-4(3-9)5(10)6(13)11-7(12)14/h1-3H2,(H,11,13,14). The zero-order valence-corrected chi connectivity index (χ0v) is 11.8. The lowest BCUT2D eigenvalue weighted by Crippen LogP contribution is -2.33. The summed E-state index contributed by atoms with van der Waals surface area (Å²) in [6, 6.07) is 0. The third kappa shape index (κ3) is 2.38. The Morgan fingerprint density at radius 3 is 2.43 bits per heavy atom. The van der Waals surface area contributed by atoms with Gasteiger partial charge in [-0.1, -0.05) is 31.9 Å². The molecule has 1 aromatic rings. The number of nitrogens with one attached hydrogen (secondary N) is 1. The van der Waals surface area contributed by atoms with Gasteiger partial charge in [0.2, 0.25) is 0 Å². The van der Waals surface area contributed by atoms with E-state index in [1.54, 1.807) is 0 Å². The molecule has 0 aliphatic heterocycles. The van der Waals surface area contributed by atoms with Gasteiger partial charge in [-0.25, -0.2) is 4.79 Å². The van der Waals surface area contributed by atoms with Gasteiger partial charge in [0, 0.05) is 17.2 Å². The van der Waals surface area contributed by atoms with Crippen LogP contribution in [0.5, 0.6) is 0 Å². The molecule has 78 valence electrons. The first-order chi connectivity index (χ1) is 6.61. The van der Waals surface area contributed by atoms with Crippen LogP contribution in [0.1, 0.15) is 5.69 Å². The number of rotatable bonds is 3. The number of alkyl halides is 2. The second kappa shape index (κ2) is 5.27. The Kier molecular flexibility index (Phi) is 4.59. The van der Waals surface area contributed by atoms with Gasteiger partial charge in [-0.3, -0.25) is 14.3 Å². The van der Waals surface area contributed by atoms with Crippen LogP contribution in [0.15, 0.2) is 14.1 Å². The molecule has 0 fully saturated rings. The highest BCUT2D eigenvalue weighted by Crippen LogP contribution is 2.12. The van der Waals surface area contributed by atoms with E-state index in [9.17, 15) is 9.59 Å². The van der Waals surface area contributed by atoms with Crippen molar-refractivity contribution in [2.45, 2.75) is 11.9 Å². The molecule has 0 spiro atoms. The van der Waals surface area contributed by atoms with Gasteiger partial charge in [0.1, 0.15) is 4.47 Å². The van der Waals surface area contributed by atoms with Crippen LogP contribution >= 0.6 is 47.8 Å². The fourth-order valence-electron chi connectivity index (χ4n) is 1.04. The Morgan fingerprint density at radius 2 is 1.93 bits per heavy atom. The smallest absolute Gasteiger partial charge is 0.295 e. The number of aromatic amines is 1. The number of hydrogen-bond donors (Lipinski definition) is 1. The molecule has 0 atom stereocenters. The van der Waals surface area contributed by atoms with E-state index in [-0.39, 0.29) is 5.69 Å². The normalized spacial score (nSPS) is 10.5. The molecular formula is C7H7Br3N2O2. The van der Waals surface area contributed by atoms with Crippen LogP contribution in [0, 0.1) is 0 Å². The molecule has 0 bridgehead atoms. The second-order valence-corrected chi connectivity index (χ2v) is 4.64. The molecule has 1 N–H and O–H groups in total. The molecule has 0 aliphatic rings. The van der Waals surface area contributed by atoms with Gasteiger partial charge in [-0.2, -0.15) is 0 Å². The zero-order chi connectivity index (χ0) is 10.7. The summed E-state index contributed by atoms with van der Waals surface area (Å²) < 4.78 is 1.91. The van der Waals surface area contributed by atoms with E-state index < -0.39 is 5.56 Å². The first-order valence-electron chi connectivity index (χ1n) is 3.75. The molecule has 0 aromatic carbocycles. The second-order valence-electron chi connectivity index (χ2n) is 2.49. The van der Waals surface area contributed by atoms with Crippen LogP contribution in [-0.2, 0) is 11.9 Å². The van der Waals surface area contributed by atoms with E-state index in [1.165, 1.54) is 4.57 Å². The molecular weight excluding hydrogens is 384 g/mol. The average molecular weight is 391 g/mol. The maximum absolute atomic E-state index is 11.4. The molecule has 0 radical (unpaired) electrons. The maximum Gasteiger partial charge on any atom is 0.328 e. The summed E-state index contributed by atoms with van der Waals surface area (Å²) in [5.74, 6) is 0. The molecule has 0 saturated heterocycles. The van der Waals surface area contributed by atoms with Crippen molar-refractivity contribution in [1.82, 2.24) is 9.55 Å². The van der Waals surface area contributed by atoms with Gasteiger partial charge in [-0.15, -0.1) is 0 Å². The van der Waals surface area contributed by atoms with Crippen molar-refractivity contribution in [3.8, 4) is 0 Å². The fourth-order valence-corrected chi connectivity index (χ4v) is 2.81. The first kappa shape index (κ1) is 12.2. The van der Waals surface area contributed by atoms with E-state index in [0.29, 0.717) is 27.4 Å². The van der Waals surface area contributed by atoms with Crippen molar-refractivity contribution >= 4 is 47.8 Å². The van der Waals surface area contributed by atoms with Gasteiger partial charge in [0.05, 0.1) is 5.69 Å². The Morgan fingerprint density at radius 1 is 1.29 bits per heavy atom. The predicted molar refractivity (Wildman–Crippen MR) is 65.4 cm³/mol. The minimum absolute atomic E-state index is 0.382. The summed E-state index contributed by atoms with van der Waals surface area (Å²) in [7, 11) is 0. The maximum atomic E-state index is 11.4. The summed E-state index contributed by atoms with van der Waals surface area (Å²) in [4.78, 5) is 24.9. The van der Waals surface area contributed by atoms with Crippen LogP contribution in [-0.4, -0.2) is 14.9 Å². The van der Waals surface area contributed by atoms with Crippen LogP contribution < -0.4 is 11.2 Å². The number of H-pyrrole nitrogens is 1. The third-order valence-corrected chi connectivity index (χ3v) is 3.38. The topological polar surface area (TPSA) is 54.9 Å². The predicted octanol–water partition coefficient (Wildman–Crippen LogP) is 1.59. The molecule has 0 saturated carbocycles. The van der Waals surface area contributed by atoms with E-state index in [0.717, 1.165) is 0 Å². The summed E-state index contributed by atoms with van der Waals surface area (Å²) in [6.07, 6.45) is 0. The highest BCUT2D eigenvalue weighted by atomic mass is 79.9. The van der Waals surface area contributed by atoms with Crippen molar-refractivity contribution in [3.63, 3.8) is 0 Å². The Balaban J connectivity index is 3.47. The van der Waals surface area contributed by atoms with E-state index in [4.69, 9.17) is 0 Å². The summed E-state index contributed by atoms with van der Waals surface area (Å²) in [5.41, 5.74) is -0.124. The van der Waals surface area contributed by atoms with E-state index in [2.05, 4.69) is 52.8 Å². The van der Waals surface area contributed by atoms with Gasteiger partial charge in [0.15, 0.2) is 0 Å². The minimum Gasteiger partial charge on any atom is -0.295 e. The van der Waals surface area contributed by atoms with Gasteiger partial charge in [0.25, 0.3) is 5.56 Å². The molecule has 1 aromatic heterocycles. The largest absolute Gasteiger partial charge is 0.328 e. The summed E-state index contributed by atoms with van der Waals surface area (Å²) >= 11 is 9.63. The third-order valence-electron chi connectivity index (χ3n) is 1.68. The van der Waals surface area contributed by atoms with Crippen molar-refractivity contribution in [2.24, 2.45) is 0 Å². The Bertz CT molecular complexity index is 438. The Hall–Kier alpha value is 0.120.